The molecule has 0 bridgehead atoms. The molecule has 1 amide bonds. The van der Waals surface area contributed by atoms with Crippen molar-refractivity contribution in [1.29, 1.82) is 0 Å². The predicted octanol–water partition coefficient (Wildman–Crippen LogP) is 3.94. The van der Waals surface area contributed by atoms with E-state index in [1.165, 1.54) is 30.3 Å². The fraction of sp³-hybridized carbons (Fsp3) is 0.188. The summed E-state index contributed by atoms with van der Waals surface area (Å²) in [5, 5.41) is 13.2. The monoisotopic (exact) mass is 354 g/mol. The minimum atomic E-state index is -4.51. The van der Waals surface area contributed by atoms with Crippen molar-refractivity contribution in [3.05, 3.63) is 63.7 Å². The number of nitrogens with one attached hydrogen (secondary N) is 1. The highest BCUT2D eigenvalue weighted by Gasteiger charge is 2.30. The van der Waals surface area contributed by atoms with Crippen LogP contribution in [0.4, 0.5) is 24.5 Å². The maximum absolute atomic E-state index is 12.6. The van der Waals surface area contributed by atoms with Crippen molar-refractivity contribution in [2.75, 3.05) is 11.9 Å². The zero-order valence-electron chi connectivity index (χ0n) is 13.0. The van der Waals surface area contributed by atoms with Crippen molar-refractivity contribution in [3.8, 4) is 5.75 Å². The van der Waals surface area contributed by atoms with Crippen LogP contribution < -0.4 is 10.1 Å². The molecular formula is C16H13F3N2O4. The number of hydrogen-bond donors (Lipinski definition) is 1. The predicted molar refractivity (Wildman–Crippen MR) is 83.4 cm³/mol. The smallest absolute Gasteiger partial charge is 0.416 e. The standard InChI is InChI=1S/C16H13F3N2O4/c1-10-5-6-12(8-14(10)21(23)24)20-15(22)9-25-13-4-2-3-11(7-13)16(17,18)19/h2-8H,9H2,1H3,(H,20,22). The van der Waals surface area contributed by atoms with Crippen molar-refractivity contribution in [3.63, 3.8) is 0 Å². The third kappa shape index (κ3) is 4.93. The second-order valence-electron chi connectivity index (χ2n) is 5.12. The highest BCUT2D eigenvalue weighted by atomic mass is 19.4. The fourth-order valence-corrected chi connectivity index (χ4v) is 1.99. The van der Waals surface area contributed by atoms with Crippen LogP contribution in [0.3, 0.4) is 0 Å². The number of carbonyl (C=O) groups is 1. The molecule has 0 aliphatic carbocycles. The molecule has 0 spiro atoms. The van der Waals surface area contributed by atoms with Crippen LogP contribution in [0.25, 0.3) is 0 Å². The SMILES string of the molecule is Cc1ccc(NC(=O)COc2cccc(C(F)(F)F)c2)cc1[N+](=O)[O-]. The number of ether oxygens (including phenoxy) is 1. The normalized spacial score (nSPS) is 11.0. The van der Waals surface area contributed by atoms with Crippen molar-refractivity contribution in [1.82, 2.24) is 0 Å². The topological polar surface area (TPSA) is 81.5 Å². The van der Waals surface area contributed by atoms with Gasteiger partial charge in [-0.05, 0) is 31.2 Å². The van der Waals surface area contributed by atoms with Crippen LogP contribution in [0.1, 0.15) is 11.1 Å². The molecule has 132 valence electrons. The summed E-state index contributed by atoms with van der Waals surface area (Å²) in [6, 6.07) is 8.27. The van der Waals surface area contributed by atoms with E-state index in [-0.39, 0.29) is 17.1 Å². The van der Waals surface area contributed by atoms with E-state index in [0.29, 0.717) is 5.56 Å². The van der Waals surface area contributed by atoms with Crippen LogP contribution in [0.15, 0.2) is 42.5 Å². The molecule has 0 saturated carbocycles. The van der Waals surface area contributed by atoms with Gasteiger partial charge in [0.1, 0.15) is 5.75 Å². The molecule has 0 aromatic heterocycles. The van der Waals surface area contributed by atoms with Crippen LogP contribution >= 0.6 is 0 Å². The number of amides is 1. The van der Waals surface area contributed by atoms with E-state index in [4.69, 9.17) is 4.74 Å². The molecule has 6 nitrogen and oxygen atoms in total. The summed E-state index contributed by atoms with van der Waals surface area (Å²) in [6.07, 6.45) is -4.51. The van der Waals surface area contributed by atoms with Crippen molar-refractivity contribution in [2.24, 2.45) is 0 Å². The molecule has 0 unspecified atom stereocenters. The maximum atomic E-state index is 12.6. The van der Waals surface area contributed by atoms with Crippen molar-refractivity contribution in [2.45, 2.75) is 13.1 Å². The first kappa shape index (κ1) is 18.2. The number of nitro groups is 1. The highest BCUT2D eigenvalue weighted by Crippen LogP contribution is 2.31. The Hall–Kier alpha value is -3.10. The lowest BCUT2D eigenvalue weighted by molar-refractivity contribution is -0.385. The molecule has 0 saturated heterocycles. The summed E-state index contributed by atoms with van der Waals surface area (Å²) < 4.78 is 42.8. The number of nitrogens with zero attached hydrogens (tertiary/aromatic N) is 1. The number of benzene rings is 2. The summed E-state index contributed by atoms with van der Waals surface area (Å²) >= 11 is 0. The minimum absolute atomic E-state index is 0.111. The van der Waals surface area contributed by atoms with Crippen LogP contribution in [-0.2, 0) is 11.0 Å². The largest absolute Gasteiger partial charge is 0.484 e. The average Bonchev–Trinajstić information content (AvgIpc) is 2.54. The lowest BCUT2D eigenvalue weighted by atomic mass is 10.2. The van der Waals surface area contributed by atoms with Crippen LogP contribution in [-0.4, -0.2) is 17.4 Å². The summed E-state index contributed by atoms with van der Waals surface area (Å²) in [7, 11) is 0. The number of alkyl halides is 3. The number of nitro benzene ring substituents is 1. The number of carbonyl (C=O) groups excluding carboxylic acids is 1. The first-order valence-electron chi connectivity index (χ1n) is 7.02. The van der Waals surface area contributed by atoms with Gasteiger partial charge in [0, 0.05) is 17.3 Å². The van der Waals surface area contributed by atoms with Crippen LogP contribution in [0.5, 0.6) is 5.75 Å². The Labute approximate surface area is 140 Å². The summed E-state index contributed by atoms with van der Waals surface area (Å²) in [5.41, 5.74) is -0.422. The van der Waals surface area contributed by atoms with E-state index in [1.807, 2.05) is 0 Å². The number of rotatable bonds is 5. The average molecular weight is 354 g/mol. The van der Waals surface area contributed by atoms with Gasteiger partial charge in [0.25, 0.3) is 11.6 Å². The molecule has 0 radical (unpaired) electrons. The van der Waals surface area contributed by atoms with Gasteiger partial charge in [-0.25, -0.2) is 0 Å². The van der Waals surface area contributed by atoms with Crippen molar-refractivity contribution < 1.29 is 27.6 Å². The molecule has 0 aliphatic rings. The molecule has 2 aromatic rings. The second kappa shape index (κ2) is 7.20. The van der Waals surface area contributed by atoms with Gasteiger partial charge in [-0.15, -0.1) is 0 Å². The first-order valence-corrected chi connectivity index (χ1v) is 7.02. The molecular weight excluding hydrogens is 341 g/mol. The van der Waals surface area contributed by atoms with Gasteiger partial charge >= 0.3 is 6.18 Å². The Morgan fingerprint density at radius 1 is 1.24 bits per heavy atom. The zero-order valence-corrected chi connectivity index (χ0v) is 13.0. The van der Waals surface area contributed by atoms with Gasteiger partial charge in [-0.2, -0.15) is 13.2 Å². The summed E-state index contributed by atoms with van der Waals surface area (Å²) in [6.45, 7) is 1.02. The van der Waals surface area contributed by atoms with Gasteiger partial charge in [-0.1, -0.05) is 12.1 Å². The molecule has 2 aromatic carbocycles. The van der Waals surface area contributed by atoms with E-state index in [1.54, 1.807) is 6.92 Å². The van der Waals surface area contributed by atoms with E-state index >= 15 is 0 Å². The maximum Gasteiger partial charge on any atom is 0.416 e. The molecule has 0 heterocycles. The van der Waals surface area contributed by atoms with Crippen molar-refractivity contribution >= 4 is 17.3 Å². The van der Waals surface area contributed by atoms with E-state index in [0.717, 1.165) is 12.1 Å². The molecule has 2 rings (SSSR count). The fourth-order valence-electron chi connectivity index (χ4n) is 1.99. The lowest BCUT2D eigenvalue weighted by Crippen LogP contribution is -2.20. The Morgan fingerprint density at radius 2 is 1.96 bits per heavy atom. The van der Waals surface area contributed by atoms with Crippen LogP contribution in [0.2, 0.25) is 0 Å². The van der Waals surface area contributed by atoms with Gasteiger partial charge in [-0.3, -0.25) is 14.9 Å². The third-order valence-corrected chi connectivity index (χ3v) is 3.22. The molecule has 25 heavy (non-hydrogen) atoms. The number of aryl methyl sites for hydroxylation is 1. The summed E-state index contributed by atoms with van der Waals surface area (Å²) in [5.74, 6) is -0.768. The molecule has 1 N–H and O–H groups in total. The molecule has 0 atom stereocenters. The Bertz CT molecular complexity index is 806. The van der Waals surface area contributed by atoms with Gasteiger partial charge in [0.15, 0.2) is 6.61 Å². The van der Waals surface area contributed by atoms with E-state index in [9.17, 15) is 28.1 Å². The zero-order chi connectivity index (χ0) is 18.6. The second-order valence-corrected chi connectivity index (χ2v) is 5.12. The highest BCUT2D eigenvalue weighted by molar-refractivity contribution is 5.92. The minimum Gasteiger partial charge on any atom is -0.484 e. The quantitative estimate of drug-likeness (QED) is 0.651. The van der Waals surface area contributed by atoms with Gasteiger partial charge < -0.3 is 10.1 Å². The van der Waals surface area contributed by atoms with E-state index in [2.05, 4.69) is 5.32 Å². The lowest BCUT2D eigenvalue weighted by Gasteiger charge is -2.10. The molecule has 0 aliphatic heterocycles. The number of hydrogen-bond acceptors (Lipinski definition) is 4. The van der Waals surface area contributed by atoms with Crippen LogP contribution in [0, 0.1) is 17.0 Å². The van der Waals surface area contributed by atoms with Gasteiger partial charge in [0.05, 0.1) is 10.5 Å². The Morgan fingerprint density at radius 3 is 2.60 bits per heavy atom. The Kier molecular flexibility index (Phi) is 5.26. The molecule has 9 heteroatoms. The summed E-state index contributed by atoms with van der Waals surface area (Å²) in [4.78, 5) is 22.1. The number of halogens is 3. The van der Waals surface area contributed by atoms with E-state index < -0.39 is 29.2 Å². The molecule has 0 fully saturated rings. The third-order valence-electron chi connectivity index (χ3n) is 3.22. The number of anilines is 1. The first-order chi connectivity index (χ1) is 11.7. The van der Waals surface area contributed by atoms with Gasteiger partial charge in [0.2, 0.25) is 0 Å². The Balaban J connectivity index is 2.00.